The molecule has 1 aliphatic rings. The fraction of sp³-hybridized carbons (Fsp3) is 0.889. The third kappa shape index (κ3) is 3.05. The van der Waals surface area contributed by atoms with E-state index in [1.165, 1.54) is 0 Å². The molecule has 0 aromatic rings. The number of urea groups is 1. The van der Waals surface area contributed by atoms with E-state index in [-0.39, 0.29) is 12.3 Å². The quantitative estimate of drug-likeness (QED) is 0.392. The average molecular weight is 250 g/mol. The summed E-state index contributed by atoms with van der Waals surface area (Å²) in [6, 6.07) is -1.71. The van der Waals surface area contributed by atoms with Gasteiger partial charge in [0.2, 0.25) is 0 Å². The minimum absolute atomic E-state index is 0.259. The maximum absolute atomic E-state index is 10.7. The number of nitrogens with one attached hydrogen (secondary N) is 1. The number of rotatable bonds is 4. The lowest BCUT2D eigenvalue weighted by molar-refractivity contribution is -0.0448. The number of aliphatic hydroxyl groups is 1. The van der Waals surface area contributed by atoms with Gasteiger partial charge in [0.25, 0.3) is 0 Å². The summed E-state index contributed by atoms with van der Waals surface area (Å²) in [4.78, 5) is 21.4. The summed E-state index contributed by atoms with van der Waals surface area (Å²) >= 11 is 5.62. The predicted molar refractivity (Wildman–Crippen MR) is 59.9 cm³/mol. The molecule has 2 amide bonds. The Labute approximate surface area is 98.5 Å². The smallest absolute Gasteiger partial charge is 0.314 e. The van der Waals surface area contributed by atoms with Gasteiger partial charge in [-0.1, -0.05) is 5.18 Å². The van der Waals surface area contributed by atoms with E-state index in [4.69, 9.17) is 17.3 Å². The summed E-state index contributed by atoms with van der Waals surface area (Å²) in [6.07, 6.45) is 2.16. The van der Waals surface area contributed by atoms with E-state index < -0.39 is 17.8 Å². The topological polar surface area (TPSA) is 105 Å². The van der Waals surface area contributed by atoms with Crippen LogP contribution in [0.1, 0.15) is 25.7 Å². The normalized spacial score (nSPS) is 34.4. The highest BCUT2D eigenvalue weighted by molar-refractivity contribution is 6.17. The van der Waals surface area contributed by atoms with E-state index in [0.29, 0.717) is 18.7 Å². The van der Waals surface area contributed by atoms with Crippen LogP contribution < -0.4 is 11.1 Å². The number of carbonyl (C=O) groups excluding carboxylic acids is 1. The Hall–Kier alpha value is -0.880. The molecular weight excluding hydrogens is 234 g/mol. The van der Waals surface area contributed by atoms with Gasteiger partial charge < -0.3 is 16.2 Å². The molecule has 0 saturated heterocycles. The molecule has 1 fully saturated rings. The summed E-state index contributed by atoms with van der Waals surface area (Å²) in [7, 11) is 0. The fourth-order valence-corrected chi connectivity index (χ4v) is 2.43. The number of carbonyl (C=O) groups is 1. The third-order valence-corrected chi connectivity index (χ3v) is 3.24. The molecule has 1 aliphatic carbocycles. The van der Waals surface area contributed by atoms with Gasteiger partial charge in [-0.05, 0) is 31.6 Å². The highest BCUT2D eigenvalue weighted by atomic mass is 35.5. The number of nitrogens with two attached hydrogens (primary N) is 1. The zero-order valence-electron chi connectivity index (χ0n) is 8.86. The molecule has 0 aliphatic heterocycles. The maximum atomic E-state index is 10.7. The molecule has 3 atom stereocenters. The second-order valence-electron chi connectivity index (χ2n) is 4.15. The van der Waals surface area contributed by atoms with Crippen molar-refractivity contribution in [3.8, 4) is 0 Å². The third-order valence-electron chi connectivity index (χ3n) is 3.03. The van der Waals surface area contributed by atoms with Crippen molar-refractivity contribution < 1.29 is 9.90 Å². The van der Waals surface area contributed by atoms with Gasteiger partial charge in [-0.3, -0.25) is 0 Å². The molecule has 1 saturated carbocycles. The van der Waals surface area contributed by atoms with Gasteiger partial charge in [-0.2, -0.15) is 4.91 Å². The molecule has 3 unspecified atom stereocenters. The first-order chi connectivity index (χ1) is 7.51. The lowest BCUT2D eigenvalue weighted by Gasteiger charge is -2.39. The lowest BCUT2D eigenvalue weighted by Crippen LogP contribution is -2.59. The van der Waals surface area contributed by atoms with Gasteiger partial charge in [-0.25, -0.2) is 4.79 Å². The Morgan fingerprint density at radius 2 is 2.38 bits per heavy atom. The van der Waals surface area contributed by atoms with Gasteiger partial charge in [-0.15, -0.1) is 11.6 Å². The van der Waals surface area contributed by atoms with E-state index in [1.54, 1.807) is 0 Å². The zero-order valence-corrected chi connectivity index (χ0v) is 9.61. The number of primary amides is 1. The first-order valence-corrected chi connectivity index (χ1v) is 5.73. The van der Waals surface area contributed by atoms with Crippen LogP contribution >= 0.6 is 11.6 Å². The lowest BCUT2D eigenvalue weighted by atomic mass is 9.79. The van der Waals surface area contributed by atoms with Crippen LogP contribution in [-0.4, -0.2) is 28.8 Å². The van der Waals surface area contributed by atoms with Gasteiger partial charge in [0.15, 0.2) is 5.72 Å². The first kappa shape index (κ1) is 13.2. The number of nitroso groups, excluding NO2 is 1. The summed E-state index contributed by atoms with van der Waals surface area (Å²) in [5.74, 6) is 0.771. The molecule has 4 N–H and O–H groups in total. The number of amides is 2. The van der Waals surface area contributed by atoms with E-state index >= 15 is 0 Å². The van der Waals surface area contributed by atoms with Crippen molar-refractivity contribution in [1.82, 2.24) is 5.32 Å². The Morgan fingerprint density at radius 1 is 1.69 bits per heavy atom. The Balaban J connectivity index is 2.67. The van der Waals surface area contributed by atoms with Crippen molar-refractivity contribution in [2.75, 3.05) is 5.88 Å². The van der Waals surface area contributed by atoms with E-state index in [9.17, 15) is 14.8 Å². The van der Waals surface area contributed by atoms with Crippen LogP contribution in [0.3, 0.4) is 0 Å². The van der Waals surface area contributed by atoms with Gasteiger partial charge in [0.1, 0.15) is 6.04 Å². The zero-order chi connectivity index (χ0) is 12.2. The molecule has 0 heterocycles. The highest BCUT2D eigenvalue weighted by Gasteiger charge is 2.44. The molecule has 6 nitrogen and oxygen atoms in total. The number of nitrogens with zero attached hydrogens (tertiary/aromatic N) is 1. The SMILES string of the molecule is NC(=O)NC1(O)CCC(CCCl)CC1N=O. The molecule has 0 radical (unpaired) electrons. The van der Waals surface area contributed by atoms with E-state index in [1.807, 2.05) is 0 Å². The minimum Gasteiger partial charge on any atom is -0.369 e. The second kappa shape index (κ2) is 5.45. The van der Waals surface area contributed by atoms with Crippen LogP contribution in [0.15, 0.2) is 5.18 Å². The van der Waals surface area contributed by atoms with E-state index in [2.05, 4.69) is 10.5 Å². The van der Waals surface area contributed by atoms with Crippen molar-refractivity contribution in [2.45, 2.75) is 37.5 Å². The molecule has 0 aromatic carbocycles. The summed E-state index contributed by atoms with van der Waals surface area (Å²) in [5.41, 5.74) is 3.34. The summed E-state index contributed by atoms with van der Waals surface area (Å²) < 4.78 is 0. The summed E-state index contributed by atoms with van der Waals surface area (Å²) in [5, 5.41) is 15.1. The number of hydrogen-bond acceptors (Lipinski definition) is 4. The van der Waals surface area contributed by atoms with Crippen LogP contribution in [0.25, 0.3) is 0 Å². The number of hydrogen-bond donors (Lipinski definition) is 3. The van der Waals surface area contributed by atoms with Crippen molar-refractivity contribution in [2.24, 2.45) is 16.8 Å². The standard InChI is InChI=1S/C9H16ClN3O3/c10-4-2-6-1-3-9(15,12-8(11)14)7(5-6)13-16/h6-7,15H,1-5H2,(H3,11,12,14). The second-order valence-corrected chi connectivity index (χ2v) is 4.53. The Morgan fingerprint density at radius 3 is 2.88 bits per heavy atom. The fourth-order valence-electron chi connectivity index (χ4n) is 2.13. The predicted octanol–water partition coefficient (Wildman–Crippen LogP) is 0.907. The summed E-state index contributed by atoms with van der Waals surface area (Å²) in [6.45, 7) is 0. The van der Waals surface area contributed by atoms with Crippen LogP contribution in [0.5, 0.6) is 0 Å². The van der Waals surface area contributed by atoms with Crippen LogP contribution in [0, 0.1) is 10.8 Å². The Bertz CT molecular complexity index is 277. The Kier molecular flexibility index (Phi) is 4.49. The van der Waals surface area contributed by atoms with Crippen molar-refractivity contribution in [1.29, 1.82) is 0 Å². The van der Waals surface area contributed by atoms with Crippen molar-refractivity contribution >= 4 is 17.6 Å². The van der Waals surface area contributed by atoms with Crippen molar-refractivity contribution in [3.63, 3.8) is 0 Å². The molecule has 92 valence electrons. The number of alkyl halides is 1. The first-order valence-electron chi connectivity index (χ1n) is 5.20. The minimum atomic E-state index is -1.60. The molecule has 7 heteroatoms. The average Bonchev–Trinajstić information content (AvgIpc) is 2.20. The maximum Gasteiger partial charge on any atom is 0.314 e. The molecular formula is C9H16ClN3O3. The van der Waals surface area contributed by atoms with Crippen molar-refractivity contribution in [3.05, 3.63) is 4.91 Å². The van der Waals surface area contributed by atoms with Crippen LogP contribution in [-0.2, 0) is 0 Å². The highest BCUT2D eigenvalue weighted by Crippen LogP contribution is 2.34. The van der Waals surface area contributed by atoms with Crippen LogP contribution in [0.2, 0.25) is 0 Å². The van der Waals surface area contributed by atoms with Gasteiger partial charge >= 0.3 is 6.03 Å². The van der Waals surface area contributed by atoms with E-state index in [0.717, 1.165) is 6.42 Å². The molecule has 1 rings (SSSR count). The molecule has 16 heavy (non-hydrogen) atoms. The number of halogens is 1. The largest absolute Gasteiger partial charge is 0.369 e. The van der Waals surface area contributed by atoms with Gasteiger partial charge in [0, 0.05) is 5.88 Å². The molecule has 0 spiro atoms. The van der Waals surface area contributed by atoms with Gasteiger partial charge in [0.05, 0.1) is 0 Å². The molecule has 0 aromatic heterocycles. The monoisotopic (exact) mass is 249 g/mol. The molecule has 0 bridgehead atoms. The van der Waals surface area contributed by atoms with Crippen LogP contribution in [0.4, 0.5) is 4.79 Å².